The number of aromatic nitrogens is 2. The molecular formula is C40H60N10O10. The first-order valence-electron chi connectivity index (χ1n) is 20.1. The summed E-state index contributed by atoms with van der Waals surface area (Å²) in [6.07, 6.45) is 4.00. The highest BCUT2D eigenvalue weighted by atomic mass is 16.4. The van der Waals surface area contributed by atoms with Gasteiger partial charge in [-0.15, -0.1) is 0 Å². The summed E-state index contributed by atoms with van der Waals surface area (Å²) in [5.74, 6) is -6.68. The summed E-state index contributed by atoms with van der Waals surface area (Å²) in [5, 5.41) is 34.2. The largest absolute Gasteiger partial charge is 0.508 e. The molecule has 0 aliphatic carbocycles. The van der Waals surface area contributed by atoms with Crippen LogP contribution in [0.3, 0.4) is 0 Å². The Morgan fingerprint density at radius 2 is 1.42 bits per heavy atom. The molecule has 0 spiro atoms. The second-order valence-electron chi connectivity index (χ2n) is 16.0. The standard InChI is InChI=1S/C40H60N10O10/c1-21(2)14-28(36(56)44-19-32(53)54)46-31(52)18-43-37(57)29(15-24-9-11-26(51)12-10-24)47-38(58)30-8-7-13-50(30)40(60)34(23(5)6)49-39(59)33(22(3)4)48-35(55)27(41)16-25-17-42-20-45-25/h9-12,17,20-23,27-30,33-34,51H,7-8,13-16,18-19,41H2,1-6H3,(H,42,45)(H,43,57)(H,44,56)(H,46,52)(H,47,58)(H,48,55)(H,49,59)(H,53,54)/t27-,28-,29-,30-,33-,34-/m0/s1. The van der Waals surface area contributed by atoms with E-state index in [1.807, 2.05) is 13.8 Å². The second-order valence-corrected chi connectivity index (χ2v) is 16.0. The van der Waals surface area contributed by atoms with Crippen LogP contribution < -0.4 is 37.6 Å². The van der Waals surface area contributed by atoms with Gasteiger partial charge < -0.3 is 57.7 Å². The van der Waals surface area contributed by atoms with Gasteiger partial charge in [0.2, 0.25) is 41.4 Å². The van der Waals surface area contributed by atoms with Gasteiger partial charge in [0.05, 0.1) is 18.9 Å². The van der Waals surface area contributed by atoms with E-state index in [0.29, 0.717) is 17.7 Å². The van der Waals surface area contributed by atoms with Crippen LogP contribution >= 0.6 is 0 Å². The van der Waals surface area contributed by atoms with Crippen molar-refractivity contribution >= 4 is 47.3 Å². The maximum absolute atomic E-state index is 14.1. The molecule has 1 aliphatic rings. The number of likely N-dealkylation sites (tertiary alicyclic amines) is 1. The molecule has 1 saturated heterocycles. The lowest BCUT2D eigenvalue weighted by Gasteiger charge is -2.32. The van der Waals surface area contributed by atoms with Crippen molar-refractivity contribution in [2.45, 2.75) is 110 Å². The summed E-state index contributed by atoms with van der Waals surface area (Å²) in [4.78, 5) is 113. The van der Waals surface area contributed by atoms with Crippen LogP contribution in [-0.4, -0.2) is 128 Å². The highest BCUT2D eigenvalue weighted by molar-refractivity contribution is 5.97. The van der Waals surface area contributed by atoms with Gasteiger partial charge in [0, 0.05) is 31.3 Å². The number of imidazole rings is 1. The first kappa shape index (κ1) is 48.3. The van der Waals surface area contributed by atoms with E-state index in [4.69, 9.17) is 10.8 Å². The number of phenols is 1. The number of hydrogen-bond acceptors (Lipinski definition) is 11. The number of amides is 7. The van der Waals surface area contributed by atoms with Crippen molar-refractivity contribution in [3.8, 4) is 5.75 Å². The van der Waals surface area contributed by atoms with Crippen molar-refractivity contribution in [1.29, 1.82) is 0 Å². The average Bonchev–Trinajstić information content (AvgIpc) is 3.89. The van der Waals surface area contributed by atoms with Crippen LogP contribution in [0.2, 0.25) is 0 Å². The van der Waals surface area contributed by atoms with Crippen molar-refractivity contribution in [3.05, 3.63) is 48.0 Å². The van der Waals surface area contributed by atoms with E-state index < -0.39 is 103 Å². The number of nitrogens with two attached hydrogens (primary N) is 1. The Morgan fingerprint density at radius 3 is 2.00 bits per heavy atom. The quantitative estimate of drug-likeness (QED) is 0.0671. The van der Waals surface area contributed by atoms with Gasteiger partial charge in [-0.25, -0.2) is 4.98 Å². The third-order valence-electron chi connectivity index (χ3n) is 9.85. The Balaban J connectivity index is 1.73. The number of carbonyl (C=O) groups is 8. The molecule has 0 radical (unpaired) electrons. The van der Waals surface area contributed by atoms with Crippen molar-refractivity contribution in [2.24, 2.45) is 23.5 Å². The number of carboxylic acid groups (broad SMARTS) is 1. The number of aromatic amines is 1. The number of hydrogen-bond donors (Lipinski definition) is 10. The smallest absolute Gasteiger partial charge is 0.322 e. The fourth-order valence-corrected chi connectivity index (χ4v) is 6.63. The zero-order chi connectivity index (χ0) is 44.7. The molecule has 0 saturated carbocycles. The number of aromatic hydroxyl groups is 1. The van der Waals surface area contributed by atoms with Crippen LogP contribution in [0.25, 0.3) is 0 Å². The molecular weight excluding hydrogens is 780 g/mol. The number of nitrogens with one attached hydrogen (secondary N) is 7. The van der Waals surface area contributed by atoms with Crippen LogP contribution in [0.1, 0.15) is 72.1 Å². The van der Waals surface area contributed by atoms with Gasteiger partial charge >= 0.3 is 5.97 Å². The molecule has 7 amide bonds. The van der Waals surface area contributed by atoms with Gasteiger partial charge in [-0.1, -0.05) is 53.7 Å². The van der Waals surface area contributed by atoms with Gasteiger partial charge in [-0.05, 0) is 54.7 Å². The first-order chi connectivity index (χ1) is 28.3. The summed E-state index contributed by atoms with van der Waals surface area (Å²) in [6, 6.07) is -0.503. The molecule has 1 aromatic carbocycles. The lowest BCUT2D eigenvalue weighted by atomic mass is 9.98. The number of H-pyrrole nitrogens is 1. The van der Waals surface area contributed by atoms with E-state index in [-0.39, 0.29) is 49.8 Å². The molecule has 1 aliphatic heterocycles. The van der Waals surface area contributed by atoms with Gasteiger partial charge in [-0.3, -0.25) is 38.4 Å². The molecule has 1 fully saturated rings. The topological polar surface area (TPSA) is 307 Å². The number of carbonyl (C=O) groups excluding carboxylic acids is 7. The van der Waals surface area contributed by atoms with Crippen molar-refractivity contribution in [1.82, 2.24) is 46.8 Å². The van der Waals surface area contributed by atoms with Gasteiger partial charge in [0.15, 0.2) is 0 Å². The van der Waals surface area contributed by atoms with Gasteiger partial charge in [0.25, 0.3) is 0 Å². The lowest BCUT2D eigenvalue weighted by Crippen LogP contribution is -2.60. The molecule has 0 unspecified atom stereocenters. The molecule has 2 heterocycles. The number of aliphatic carboxylic acids is 1. The highest BCUT2D eigenvalue weighted by Gasteiger charge is 2.41. The van der Waals surface area contributed by atoms with Crippen molar-refractivity contribution < 1.29 is 48.6 Å². The van der Waals surface area contributed by atoms with Crippen LogP contribution in [0, 0.1) is 17.8 Å². The summed E-state index contributed by atoms with van der Waals surface area (Å²) < 4.78 is 0. The van der Waals surface area contributed by atoms with Gasteiger partial charge in [0.1, 0.15) is 42.5 Å². The predicted molar refractivity (Wildman–Crippen MR) is 217 cm³/mol. The summed E-state index contributed by atoms with van der Waals surface area (Å²) in [7, 11) is 0. The molecule has 6 atom stereocenters. The SMILES string of the molecule is CC(C)C[C@H](NC(=O)CNC(=O)[C@H](Cc1ccc(O)cc1)NC(=O)[C@@H]1CCCN1C(=O)[C@@H](NC(=O)[C@@H](NC(=O)[C@@H](N)Cc1cnc[nH]1)C(C)C)C(C)C)C(=O)NCC(=O)O. The van der Waals surface area contributed by atoms with Crippen LogP contribution in [0.4, 0.5) is 0 Å². The number of carboxylic acids is 1. The molecule has 11 N–H and O–H groups in total. The van der Waals surface area contributed by atoms with Gasteiger partial charge in [-0.2, -0.15) is 0 Å². The predicted octanol–water partition coefficient (Wildman–Crippen LogP) is -1.17. The molecule has 20 nitrogen and oxygen atoms in total. The highest BCUT2D eigenvalue weighted by Crippen LogP contribution is 2.22. The maximum atomic E-state index is 14.1. The number of nitrogens with zero attached hydrogens (tertiary/aromatic N) is 2. The van der Waals surface area contributed by atoms with E-state index in [1.54, 1.807) is 46.0 Å². The van der Waals surface area contributed by atoms with Crippen LogP contribution in [0.5, 0.6) is 5.75 Å². The maximum Gasteiger partial charge on any atom is 0.322 e. The second kappa shape index (κ2) is 22.9. The fourth-order valence-electron chi connectivity index (χ4n) is 6.63. The minimum absolute atomic E-state index is 0.0216. The Kier molecular flexibility index (Phi) is 18.5. The molecule has 330 valence electrons. The van der Waals surface area contributed by atoms with E-state index in [0.717, 1.165) is 0 Å². The molecule has 2 aromatic rings. The fraction of sp³-hybridized carbons (Fsp3) is 0.575. The Morgan fingerprint density at radius 1 is 0.800 bits per heavy atom. The monoisotopic (exact) mass is 840 g/mol. The molecule has 20 heteroatoms. The average molecular weight is 841 g/mol. The van der Waals surface area contributed by atoms with Crippen molar-refractivity contribution in [2.75, 3.05) is 19.6 Å². The van der Waals surface area contributed by atoms with E-state index in [2.05, 4.69) is 41.9 Å². The summed E-state index contributed by atoms with van der Waals surface area (Å²) >= 11 is 0. The molecule has 0 bridgehead atoms. The Bertz CT molecular complexity index is 1800. The zero-order valence-electron chi connectivity index (χ0n) is 34.9. The normalized spacial score (nSPS) is 16.3. The third-order valence-corrected chi connectivity index (χ3v) is 9.85. The van der Waals surface area contributed by atoms with Crippen LogP contribution in [0.15, 0.2) is 36.8 Å². The number of benzene rings is 1. The summed E-state index contributed by atoms with van der Waals surface area (Å²) in [5.41, 5.74) is 7.30. The third kappa shape index (κ3) is 15.0. The Labute approximate surface area is 349 Å². The molecule has 60 heavy (non-hydrogen) atoms. The molecule has 1 aromatic heterocycles. The first-order valence-corrected chi connectivity index (χ1v) is 20.1. The lowest BCUT2D eigenvalue weighted by molar-refractivity contribution is -0.143. The minimum atomic E-state index is -1.26. The zero-order valence-corrected chi connectivity index (χ0v) is 34.9. The van der Waals surface area contributed by atoms with Crippen LogP contribution in [-0.2, 0) is 51.2 Å². The van der Waals surface area contributed by atoms with Crippen molar-refractivity contribution in [3.63, 3.8) is 0 Å². The Hall–Kier alpha value is -6.05. The number of rotatable bonds is 22. The summed E-state index contributed by atoms with van der Waals surface area (Å²) in [6.45, 7) is 9.54. The van der Waals surface area contributed by atoms with E-state index in [1.165, 1.54) is 23.4 Å². The number of phenolic OH excluding ortho intramolecular Hbond substituents is 1. The van der Waals surface area contributed by atoms with E-state index in [9.17, 15) is 43.5 Å². The van der Waals surface area contributed by atoms with E-state index >= 15 is 0 Å². The molecule has 3 rings (SSSR count). The minimum Gasteiger partial charge on any atom is -0.508 e.